The summed E-state index contributed by atoms with van der Waals surface area (Å²) < 4.78 is 46.2. The summed E-state index contributed by atoms with van der Waals surface area (Å²) in [6.45, 7) is 1.28. The van der Waals surface area contributed by atoms with Crippen LogP contribution in [0.1, 0.15) is 44.1 Å². The molecule has 0 saturated heterocycles. The van der Waals surface area contributed by atoms with E-state index in [1.165, 1.54) is 28.6 Å². The summed E-state index contributed by atoms with van der Waals surface area (Å²) in [6, 6.07) is 6.17. The van der Waals surface area contributed by atoms with Gasteiger partial charge in [0, 0.05) is 39.1 Å². The van der Waals surface area contributed by atoms with Gasteiger partial charge in [-0.1, -0.05) is 17.7 Å². The summed E-state index contributed by atoms with van der Waals surface area (Å²) >= 11 is 0. The summed E-state index contributed by atoms with van der Waals surface area (Å²) in [5.41, 5.74) is 3.95. The molecule has 0 bridgehead atoms. The van der Waals surface area contributed by atoms with Gasteiger partial charge in [0.25, 0.3) is 0 Å². The third-order valence-corrected chi connectivity index (χ3v) is 6.86. The number of aryl methyl sites for hydroxylation is 1. The molecule has 0 aliphatic rings. The first kappa shape index (κ1) is 34.3. The van der Waals surface area contributed by atoms with Crippen LogP contribution in [0.4, 0.5) is 0 Å². The Morgan fingerprint density at radius 2 is 1.08 bits per heavy atom. The number of ether oxygens (including phenoxy) is 3. The molecule has 0 aromatic heterocycles. The molecule has 0 spiro atoms. The zero-order valence-electron chi connectivity index (χ0n) is 21.8. The van der Waals surface area contributed by atoms with Gasteiger partial charge in [-0.05, 0) is 38.3 Å². The maximum Gasteiger partial charge on any atom is 0.243 e. The van der Waals surface area contributed by atoms with Crippen molar-refractivity contribution in [3.8, 4) is 0 Å². The van der Waals surface area contributed by atoms with Crippen LogP contribution in [0.25, 0.3) is 0 Å². The van der Waals surface area contributed by atoms with E-state index in [-0.39, 0.29) is 83.1 Å². The summed E-state index contributed by atoms with van der Waals surface area (Å²) in [6.07, 6.45) is 0.645. The van der Waals surface area contributed by atoms with Crippen molar-refractivity contribution in [2.75, 3.05) is 39.6 Å². The van der Waals surface area contributed by atoms with Crippen LogP contribution in [0.2, 0.25) is 0 Å². The molecular formula is C23H38N4O11S. The Bertz CT molecular complexity index is 926. The van der Waals surface area contributed by atoms with E-state index >= 15 is 0 Å². The Morgan fingerprint density at radius 3 is 1.41 bits per heavy atom. The largest absolute Gasteiger partial charge is 0.379 e. The van der Waals surface area contributed by atoms with Crippen molar-refractivity contribution < 1.29 is 52.6 Å². The first-order valence-electron chi connectivity index (χ1n) is 12.2. The van der Waals surface area contributed by atoms with Gasteiger partial charge in [-0.25, -0.2) is 24.9 Å². The topological polar surface area (TPSA) is 222 Å². The van der Waals surface area contributed by atoms with E-state index in [0.29, 0.717) is 0 Å². The van der Waals surface area contributed by atoms with Gasteiger partial charge >= 0.3 is 0 Å². The van der Waals surface area contributed by atoms with Crippen LogP contribution in [0, 0.1) is 6.92 Å². The second-order valence-corrected chi connectivity index (χ2v) is 10.5. The smallest absolute Gasteiger partial charge is 0.243 e. The monoisotopic (exact) mass is 578 g/mol. The molecule has 0 aliphatic heterocycles. The molecule has 0 aliphatic carbocycles. The highest BCUT2D eigenvalue weighted by molar-refractivity contribution is 7.89. The third kappa shape index (κ3) is 14.3. The Morgan fingerprint density at radius 1 is 0.718 bits per heavy atom. The molecule has 16 heteroatoms. The molecule has 0 unspecified atom stereocenters. The average molecular weight is 579 g/mol. The lowest BCUT2D eigenvalue weighted by atomic mass is 10.1. The molecule has 1 aromatic rings. The Kier molecular flexibility index (Phi) is 16.3. The minimum atomic E-state index is -4.10. The third-order valence-electron chi connectivity index (χ3n) is 5.27. The van der Waals surface area contributed by atoms with Gasteiger partial charge in [0.1, 0.15) is 5.54 Å². The minimum Gasteiger partial charge on any atom is -0.379 e. The minimum absolute atomic E-state index is 0.00340. The molecule has 222 valence electrons. The zero-order valence-corrected chi connectivity index (χ0v) is 22.6. The number of benzene rings is 1. The number of nitrogens with one attached hydrogen (secondary N) is 4. The van der Waals surface area contributed by atoms with E-state index in [4.69, 9.17) is 29.8 Å². The van der Waals surface area contributed by atoms with Crippen LogP contribution >= 0.6 is 0 Å². The molecule has 7 N–H and O–H groups in total. The van der Waals surface area contributed by atoms with Crippen LogP contribution in [-0.2, 0) is 38.6 Å². The fourth-order valence-corrected chi connectivity index (χ4v) is 4.61. The first-order valence-corrected chi connectivity index (χ1v) is 13.7. The summed E-state index contributed by atoms with van der Waals surface area (Å²) in [7, 11) is -4.10. The van der Waals surface area contributed by atoms with Gasteiger partial charge in [0.15, 0.2) is 0 Å². The number of hydrogen-bond acceptors (Lipinski definition) is 11. The fraction of sp³-hybridized carbons (Fsp3) is 0.609. The maximum atomic E-state index is 13.3. The number of carbonyl (C=O) groups excluding carboxylic acids is 3. The molecule has 3 amide bonds. The number of amides is 3. The Hall–Kier alpha value is -2.70. The van der Waals surface area contributed by atoms with Crippen molar-refractivity contribution in [2.45, 2.75) is 55.9 Å². The van der Waals surface area contributed by atoms with E-state index in [0.717, 1.165) is 5.56 Å². The lowest BCUT2D eigenvalue weighted by molar-refractivity contribution is -0.130. The lowest BCUT2D eigenvalue weighted by Gasteiger charge is -2.34. The van der Waals surface area contributed by atoms with Crippen molar-refractivity contribution in [3.05, 3.63) is 29.8 Å². The van der Waals surface area contributed by atoms with Crippen LogP contribution in [0.15, 0.2) is 29.2 Å². The predicted molar refractivity (Wildman–Crippen MR) is 134 cm³/mol. The molecule has 0 heterocycles. The number of carbonyl (C=O) groups is 3. The molecule has 15 nitrogen and oxygen atoms in total. The van der Waals surface area contributed by atoms with Gasteiger partial charge in [-0.2, -0.15) is 4.72 Å². The van der Waals surface area contributed by atoms with E-state index in [1.807, 2.05) is 6.92 Å². The highest BCUT2D eigenvalue weighted by Crippen LogP contribution is 2.17. The standard InChI is InChI=1S/C23H38N4O11S/c1-18-8-10-19(11-9-18)39(34,35)27-23(15-36-12-2-5-20(28)24-31,16-37-13-3-6-21(29)25-32)17-38-14-4-7-22(30)26-33/h8-11,27,31-33H,2-7,12-17H2,1H3,(H,24,28)(H,25,29)(H,26,30). The van der Waals surface area contributed by atoms with E-state index in [9.17, 15) is 22.8 Å². The molecule has 0 atom stereocenters. The Labute approximate surface area is 227 Å². The van der Waals surface area contributed by atoms with Crippen molar-refractivity contribution in [1.29, 1.82) is 0 Å². The van der Waals surface area contributed by atoms with Gasteiger partial charge < -0.3 is 14.2 Å². The quantitative estimate of drug-likeness (QED) is 0.0580. The molecular weight excluding hydrogens is 540 g/mol. The number of sulfonamides is 1. The van der Waals surface area contributed by atoms with Crippen LogP contribution in [-0.4, -0.2) is 86.9 Å². The predicted octanol–water partition coefficient (Wildman–Crippen LogP) is -0.0813. The second-order valence-electron chi connectivity index (χ2n) is 8.77. The molecule has 1 aromatic carbocycles. The van der Waals surface area contributed by atoms with Gasteiger partial charge in [-0.3, -0.25) is 30.0 Å². The number of hydroxylamine groups is 3. The van der Waals surface area contributed by atoms with Crippen molar-refractivity contribution in [2.24, 2.45) is 0 Å². The zero-order chi connectivity index (χ0) is 29.2. The normalized spacial score (nSPS) is 11.7. The summed E-state index contributed by atoms with van der Waals surface area (Å²) in [4.78, 5) is 33.7. The SMILES string of the molecule is Cc1ccc(S(=O)(=O)NC(COCCCC(=O)NO)(COCCCC(=O)NO)COCCCC(=O)NO)cc1. The molecule has 0 radical (unpaired) electrons. The summed E-state index contributed by atoms with van der Waals surface area (Å²) in [5, 5.41) is 25.9. The van der Waals surface area contributed by atoms with Crippen molar-refractivity contribution in [3.63, 3.8) is 0 Å². The van der Waals surface area contributed by atoms with Crippen LogP contribution in [0.3, 0.4) is 0 Å². The highest BCUT2D eigenvalue weighted by Gasteiger charge is 2.37. The molecule has 0 saturated carbocycles. The first-order chi connectivity index (χ1) is 18.6. The van der Waals surface area contributed by atoms with E-state index < -0.39 is 33.3 Å². The average Bonchev–Trinajstić information content (AvgIpc) is 2.91. The number of rotatable bonds is 21. The van der Waals surface area contributed by atoms with E-state index in [1.54, 1.807) is 12.1 Å². The van der Waals surface area contributed by atoms with Crippen molar-refractivity contribution in [1.82, 2.24) is 21.2 Å². The van der Waals surface area contributed by atoms with E-state index in [2.05, 4.69) is 4.72 Å². The second kappa shape index (κ2) is 18.6. The maximum absolute atomic E-state index is 13.3. The van der Waals surface area contributed by atoms with Crippen LogP contribution in [0.5, 0.6) is 0 Å². The Balaban J connectivity index is 3.05. The van der Waals surface area contributed by atoms with Crippen molar-refractivity contribution >= 4 is 27.7 Å². The molecule has 0 fully saturated rings. The fourth-order valence-electron chi connectivity index (χ4n) is 3.25. The van der Waals surface area contributed by atoms with Crippen LogP contribution < -0.4 is 21.2 Å². The highest BCUT2D eigenvalue weighted by atomic mass is 32.2. The van der Waals surface area contributed by atoms with Gasteiger partial charge in [0.05, 0.1) is 24.7 Å². The lowest BCUT2D eigenvalue weighted by Crippen LogP contribution is -2.58. The van der Waals surface area contributed by atoms with Gasteiger partial charge in [-0.15, -0.1) is 0 Å². The van der Waals surface area contributed by atoms with Gasteiger partial charge in [0.2, 0.25) is 27.7 Å². The molecule has 39 heavy (non-hydrogen) atoms. The number of hydrogen-bond donors (Lipinski definition) is 7. The summed E-state index contributed by atoms with van der Waals surface area (Å²) in [5.74, 6) is -1.80. The molecule has 1 rings (SSSR count).